The lowest BCUT2D eigenvalue weighted by atomic mass is 10.3. The van der Waals surface area contributed by atoms with Gasteiger partial charge in [0.05, 0.1) is 11.9 Å². The molecule has 0 aliphatic heterocycles. The van der Waals surface area contributed by atoms with E-state index in [1.54, 1.807) is 0 Å². The zero-order valence-electron chi connectivity index (χ0n) is 8.70. The van der Waals surface area contributed by atoms with E-state index in [1.165, 1.54) is 0 Å². The summed E-state index contributed by atoms with van der Waals surface area (Å²) in [6.07, 6.45) is 2.25. The predicted molar refractivity (Wildman–Crippen MR) is 60.8 cm³/mol. The Labute approximate surface area is 97.6 Å². The van der Waals surface area contributed by atoms with Crippen molar-refractivity contribution in [3.8, 4) is 0 Å². The van der Waals surface area contributed by atoms with Crippen LogP contribution in [0, 0.1) is 6.92 Å². The lowest BCUT2D eigenvalue weighted by Crippen LogP contribution is -2.33. The molecule has 4 heteroatoms. The molecule has 0 atom stereocenters. The van der Waals surface area contributed by atoms with Crippen molar-refractivity contribution >= 4 is 21.8 Å². The molecule has 0 N–H and O–H groups in total. The smallest absolute Gasteiger partial charge is 0.233 e. The maximum atomic E-state index is 11.6. The third-order valence-corrected chi connectivity index (χ3v) is 3.02. The van der Waals surface area contributed by atoms with Crippen molar-refractivity contribution in [3.05, 3.63) is 23.7 Å². The highest BCUT2D eigenvalue weighted by Gasteiger charge is 2.32. The number of carbonyl (C=O) groups excluding carboxylic acids is 1. The molecular formula is C11H14BrNO2. The molecule has 1 saturated carbocycles. The first-order valence-corrected chi connectivity index (χ1v) is 6.23. The molecule has 1 aliphatic carbocycles. The number of rotatable bonds is 4. The highest BCUT2D eigenvalue weighted by Crippen LogP contribution is 2.29. The molecule has 1 fully saturated rings. The number of carbonyl (C=O) groups is 1. The van der Waals surface area contributed by atoms with Gasteiger partial charge in [0.2, 0.25) is 5.91 Å². The second-order valence-electron chi connectivity index (χ2n) is 3.90. The highest BCUT2D eigenvalue weighted by atomic mass is 79.9. The molecule has 0 spiro atoms. The number of aryl methyl sites for hydroxylation is 1. The van der Waals surface area contributed by atoms with E-state index in [9.17, 15) is 4.79 Å². The van der Waals surface area contributed by atoms with Crippen LogP contribution in [0.1, 0.15) is 24.4 Å². The average Bonchev–Trinajstić information content (AvgIpc) is 2.98. The van der Waals surface area contributed by atoms with E-state index in [1.807, 2.05) is 24.0 Å². The van der Waals surface area contributed by atoms with Crippen LogP contribution in [0.2, 0.25) is 0 Å². The normalized spacial score (nSPS) is 15.3. The van der Waals surface area contributed by atoms with Crippen molar-refractivity contribution in [3.63, 3.8) is 0 Å². The summed E-state index contributed by atoms with van der Waals surface area (Å²) < 4.78 is 5.48. The molecule has 82 valence electrons. The van der Waals surface area contributed by atoms with Crippen LogP contribution in [0.4, 0.5) is 0 Å². The Hall–Kier alpha value is -0.770. The first-order valence-electron chi connectivity index (χ1n) is 5.11. The van der Waals surface area contributed by atoms with Gasteiger partial charge in [0.1, 0.15) is 11.5 Å². The highest BCUT2D eigenvalue weighted by molar-refractivity contribution is 9.09. The summed E-state index contributed by atoms with van der Waals surface area (Å²) in [5.74, 6) is 1.91. The number of hydrogen-bond donors (Lipinski definition) is 0. The van der Waals surface area contributed by atoms with Crippen LogP contribution in [0.25, 0.3) is 0 Å². The molecule has 1 heterocycles. The first kappa shape index (κ1) is 10.7. The number of amides is 1. The van der Waals surface area contributed by atoms with Gasteiger partial charge in [-0.15, -0.1) is 0 Å². The van der Waals surface area contributed by atoms with E-state index in [0.717, 1.165) is 24.4 Å². The van der Waals surface area contributed by atoms with E-state index >= 15 is 0 Å². The van der Waals surface area contributed by atoms with Crippen LogP contribution in [0.5, 0.6) is 0 Å². The number of nitrogens with zero attached hydrogens (tertiary/aromatic N) is 1. The summed E-state index contributed by atoms with van der Waals surface area (Å²) in [5, 5.41) is 0.392. The zero-order chi connectivity index (χ0) is 10.8. The molecule has 1 amide bonds. The average molecular weight is 272 g/mol. The van der Waals surface area contributed by atoms with Gasteiger partial charge < -0.3 is 9.32 Å². The van der Waals surface area contributed by atoms with E-state index in [4.69, 9.17) is 4.42 Å². The van der Waals surface area contributed by atoms with Crippen LogP contribution in [-0.2, 0) is 11.3 Å². The van der Waals surface area contributed by atoms with Crippen LogP contribution >= 0.6 is 15.9 Å². The predicted octanol–water partition coefficient (Wildman–Crippen LogP) is 2.47. The van der Waals surface area contributed by atoms with Crippen molar-refractivity contribution in [2.45, 2.75) is 32.4 Å². The van der Waals surface area contributed by atoms with Gasteiger partial charge in [-0.05, 0) is 31.9 Å². The Morgan fingerprint density at radius 2 is 2.33 bits per heavy atom. The van der Waals surface area contributed by atoms with Gasteiger partial charge >= 0.3 is 0 Å². The number of halogens is 1. The molecule has 2 rings (SSSR count). The SMILES string of the molecule is Cc1ccc(CN(C(=O)CBr)C2CC2)o1. The van der Waals surface area contributed by atoms with Gasteiger partial charge in [-0.25, -0.2) is 0 Å². The number of alkyl halides is 1. The van der Waals surface area contributed by atoms with Gasteiger partial charge in [0.25, 0.3) is 0 Å². The molecule has 0 saturated heterocycles. The largest absolute Gasteiger partial charge is 0.464 e. The minimum atomic E-state index is 0.145. The Kier molecular flexibility index (Phi) is 3.14. The number of hydrogen-bond acceptors (Lipinski definition) is 2. The minimum absolute atomic E-state index is 0.145. The summed E-state index contributed by atoms with van der Waals surface area (Å²) in [6, 6.07) is 4.30. The van der Waals surface area contributed by atoms with Crippen LogP contribution in [0.15, 0.2) is 16.5 Å². The molecule has 3 nitrogen and oxygen atoms in total. The Morgan fingerprint density at radius 1 is 1.60 bits per heavy atom. The molecule has 1 aliphatic rings. The van der Waals surface area contributed by atoms with Crippen molar-refractivity contribution in [2.75, 3.05) is 5.33 Å². The van der Waals surface area contributed by atoms with Crippen molar-refractivity contribution in [1.82, 2.24) is 4.90 Å². The summed E-state index contributed by atoms with van der Waals surface area (Å²) >= 11 is 3.21. The van der Waals surface area contributed by atoms with E-state index in [2.05, 4.69) is 15.9 Å². The van der Waals surface area contributed by atoms with Crippen molar-refractivity contribution in [2.24, 2.45) is 0 Å². The summed E-state index contributed by atoms with van der Waals surface area (Å²) in [5.41, 5.74) is 0. The monoisotopic (exact) mass is 271 g/mol. The zero-order valence-corrected chi connectivity index (χ0v) is 10.3. The first-order chi connectivity index (χ1) is 7.20. The number of furan rings is 1. The second kappa shape index (κ2) is 4.39. The second-order valence-corrected chi connectivity index (χ2v) is 4.46. The van der Waals surface area contributed by atoms with E-state index < -0.39 is 0 Å². The lowest BCUT2D eigenvalue weighted by Gasteiger charge is -2.19. The third-order valence-electron chi connectivity index (χ3n) is 2.54. The molecule has 1 aromatic rings. The Bertz CT molecular complexity index is 357. The molecule has 1 aromatic heterocycles. The molecular weight excluding hydrogens is 258 g/mol. The Balaban J connectivity index is 2.03. The quantitative estimate of drug-likeness (QED) is 0.789. The maximum Gasteiger partial charge on any atom is 0.233 e. The van der Waals surface area contributed by atoms with Gasteiger partial charge in [-0.1, -0.05) is 15.9 Å². The van der Waals surface area contributed by atoms with Gasteiger partial charge in [-0.3, -0.25) is 4.79 Å². The van der Waals surface area contributed by atoms with Crippen LogP contribution in [0.3, 0.4) is 0 Å². The fraction of sp³-hybridized carbons (Fsp3) is 0.545. The summed E-state index contributed by atoms with van der Waals surface area (Å²) in [6.45, 7) is 2.51. The topological polar surface area (TPSA) is 33.5 Å². The fourth-order valence-electron chi connectivity index (χ4n) is 1.62. The summed E-state index contributed by atoms with van der Waals surface area (Å²) in [4.78, 5) is 13.5. The van der Waals surface area contributed by atoms with Crippen LogP contribution < -0.4 is 0 Å². The minimum Gasteiger partial charge on any atom is -0.464 e. The lowest BCUT2D eigenvalue weighted by molar-refractivity contribution is -0.129. The van der Waals surface area contributed by atoms with Gasteiger partial charge in [0.15, 0.2) is 0 Å². The molecule has 0 radical (unpaired) electrons. The summed E-state index contributed by atoms with van der Waals surface area (Å²) in [7, 11) is 0. The van der Waals surface area contributed by atoms with E-state index in [-0.39, 0.29) is 5.91 Å². The molecule has 0 unspecified atom stereocenters. The van der Waals surface area contributed by atoms with Gasteiger partial charge in [-0.2, -0.15) is 0 Å². The van der Waals surface area contributed by atoms with Crippen molar-refractivity contribution < 1.29 is 9.21 Å². The maximum absolute atomic E-state index is 11.6. The van der Waals surface area contributed by atoms with Crippen LogP contribution in [-0.4, -0.2) is 22.2 Å². The Morgan fingerprint density at radius 3 is 2.80 bits per heavy atom. The fourth-order valence-corrected chi connectivity index (χ4v) is 1.94. The standard InChI is InChI=1S/C11H14BrNO2/c1-8-2-5-10(15-8)7-13(9-3-4-9)11(14)6-12/h2,5,9H,3-4,6-7H2,1H3. The van der Waals surface area contributed by atoms with Gasteiger partial charge in [0, 0.05) is 6.04 Å². The molecule has 15 heavy (non-hydrogen) atoms. The van der Waals surface area contributed by atoms with E-state index in [0.29, 0.717) is 17.9 Å². The van der Waals surface area contributed by atoms with Crippen molar-refractivity contribution in [1.29, 1.82) is 0 Å². The molecule has 0 aromatic carbocycles. The molecule has 0 bridgehead atoms. The third kappa shape index (κ3) is 2.62.